The lowest BCUT2D eigenvalue weighted by molar-refractivity contribution is -0.116. The summed E-state index contributed by atoms with van der Waals surface area (Å²) in [4.78, 5) is 11.7. The number of halogens is 1. The van der Waals surface area contributed by atoms with Crippen LogP contribution in [0.4, 0.5) is 5.13 Å². The summed E-state index contributed by atoms with van der Waals surface area (Å²) in [7, 11) is 0. The summed E-state index contributed by atoms with van der Waals surface area (Å²) in [6.45, 7) is 3.96. The second kappa shape index (κ2) is 6.25. The van der Waals surface area contributed by atoms with Gasteiger partial charge >= 0.3 is 0 Å². The van der Waals surface area contributed by atoms with Gasteiger partial charge in [-0.1, -0.05) is 71.4 Å². The number of hydrogen-bond donors (Lipinski definition) is 1. The Labute approximate surface area is 124 Å². The molecular formula is C13H14BrN3OS. The van der Waals surface area contributed by atoms with E-state index in [4.69, 9.17) is 0 Å². The highest BCUT2D eigenvalue weighted by Crippen LogP contribution is 2.26. The fraction of sp³-hybridized carbons (Fsp3) is 0.308. The highest BCUT2D eigenvalue weighted by molar-refractivity contribution is 9.10. The van der Waals surface area contributed by atoms with E-state index in [0.717, 1.165) is 10.6 Å². The minimum absolute atomic E-state index is 0.0919. The number of nitrogens with zero attached hydrogens (tertiary/aromatic N) is 2. The van der Waals surface area contributed by atoms with Crippen LogP contribution < -0.4 is 5.32 Å². The number of hydrogen-bond acceptors (Lipinski definition) is 4. The molecule has 2 rings (SSSR count). The van der Waals surface area contributed by atoms with E-state index in [1.54, 1.807) is 0 Å². The maximum Gasteiger partial charge on any atom is 0.240 e. The van der Waals surface area contributed by atoms with Gasteiger partial charge in [0, 0.05) is 5.56 Å². The highest BCUT2D eigenvalue weighted by atomic mass is 79.9. The Kier molecular flexibility index (Phi) is 4.66. The number of alkyl halides is 1. The summed E-state index contributed by atoms with van der Waals surface area (Å²) in [6.07, 6.45) is 0. The van der Waals surface area contributed by atoms with Gasteiger partial charge in [-0.2, -0.15) is 0 Å². The van der Waals surface area contributed by atoms with E-state index < -0.39 is 0 Å². The van der Waals surface area contributed by atoms with Crippen molar-refractivity contribution in [1.29, 1.82) is 0 Å². The summed E-state index contributed by atoms with van der Waals surface area (Å²) >= 11 is 4.73. The molecule has 0 unspecified atom stereocenters. The molecule has 4 nitrogen and oxygen atoms in total. The van der Waals surface area contributed by atoms with Crippen LogP contribution >= 0.6 is 27.3 Å². The van der Waals surface area contributed by atoms with Gasteiger partial charge in [0.15, 0.2) is 0 Å². The van der Waals surface area contributed by atoms with Crippen LogP contribution in [0.1, 0.15) is 13.8 Å². The van der Waals surface area contributed by atoms with Crippen molar-refractivity contribution >= 4 is 38.3 Å². The van der Waals surface area contributed by atoms with Gasteiger partial charge in [0.1, 0.15) is 5.01 Å². The topological polar surface area (TPSA) is 54.9 Å². The third-order valence-corrected chi connectivity index (χ3v) is 4.87. The molecule has 1 atom stereocenters. The Bertz CT molecular complexity index is 556. The molecule has 2 aromatic rings. The average Bonchev–Trinajstić information content (AvgIpc) is 2.87. The smallest absolute Gasteiger partial charge is 0.240 e. The molecule has 0 saturated heterocycles. The molecule has 0 aliphatic carbocycles. The molecule has 0 fully saturated rings. The summed E-state index contributed by atoms with van der Waals surface area (Å²) in [6, 6.07) is 9.77. The first-order valence-corrected chi connectivity index (χ1v) is 7.65. The van der Waals surface area contributed by atoms with Crippen molar-refractivity contribution in [2.45, 2.75) is 18.7 Å². The zero-order chi connectivity index (χ0) is 13.8. The summed E-state index contributed by atoms with van der Waals surface area (Å²) in [5.74, 6) is 0.132. The molecule has 0 saturated carbocycles. The number of anilines is 1. The van der Waals surface area contributed by atoms with Gasteiger partial charge in [-0.05, 0) is 5.92 Å². The lowest BCUT2D eigenvalue weighted by Crippen LogP contribution is -2.26. The molecule has 0 radical (unpaired) electrons. The van der Waals surface area contributed by atoms with Crippen molar-refractivity contribution in [2.75, 3.05) is 5.32 Å². The van der Waals surface area contributed by atoms with Crippen LogP contribution in [0.15, 0.2) is 30.3 Å². The van der Waals surface area contributed by atoms with Crippen molar-refractivity contribution in [1.82, 2.24) is 10.2 Å². The fourth-order valence-corrected chi connectivity index (χ4v) is 2.31. The first kappa shape index (κ1) is 14.1. The number of nitrogens with one attached hydrogen (secondary N) is 1. The van der Waals surface area contributed by atoms with E-state index in [2.05, 4.69) is 31.4 Å². The second-order valence-corrected chi connectivity index (χ2v) is 6.38. The van der Waals surface area contributed by atoms with Gasteiger partial charge in [0.2, 0.25) is 11.0 Å². The zero-order valence-corrected chi connectivity index (χ0v) is 13.0. The molecule has 0 aliphatic heterocycles. The van der Waals surface area contributed by atoms with Crippen molar-refractivity contribution in [3.63, 3.8) is 0 Å². The SMILES string of the molecule is CC(C)[C@@H](Br)C(=O)Nc1nnc(-c2ccccc2)s1. The molecule has 1 aromatic carbocycles. The largest absolute Gasteiger partial charge is 0.300 e. The normalized spacial score (nSPS) is 12.4. The predicted molar refractivity (Wildman–Crippen MR) is 81.5 cm³/mol. The molecular weight excluding hydrogens is 326 g/mol. The summed E-state index contributed by atoms with van der Waals surface area (Å²) in [5, 5.41) is 12.2. The number of aromatic nitrogens is 2. The Morgan fingerprint density at radius 2 is 1.95 bits per heavy atom. The molecule has 0 bridgehead atoms. The molecule has 1 aromatic heterocycles. The number of amides is 1. The molecule has 19 heavy (non-hydrogen) atoms. The lowest BCUT2D eigenvalue weighted by Gasteiger charge is -2.11. The Hall–Kier alpha value is -1.27. The lowest BCUT2D eigenvalue weighted by atomic mass is 10.1. The highest BCUT2D eigenvalue weighted by Gasteiger charge is 2.20. The molecule has 100 valence electrons. The van der Waals surface area contributed by atoms with E-state index in [0.29, 0.717) is 5.13 Å². The second-order valence-electron chi connectivity index (χ2n) is 4.41. The van der Waals surface area contributed by atoms with Gasteiger partial charge in [0.05, 0.1) is 4.83 Å². The van der Waals surface area contributed by atoms with Crippen LogP contribution in [0, 0.1) is 5.92 Å². The van der Waals surface area contributed by atoms with Crippen molar-refractivity contribution in [3.8, 4) is 10.6 Å². The van der Waals surface area contributed by atoms with Crippen molar-refractivity contribution < 1.29 is 4.79 Å². The van der Waals surface area contributed by atoms with E-state index >= 15 is 0 Å². The minimum Gasteiger partial charge on any atom is -0.300 e. The number of benzene rings is 1. The molecule has 1 amide bonds. The van der Waals surface area contributed by atoms with Gasteiger partial charge in [-0.3, -0.25) is 10.1 Å². The Morgan fingerprint density at radius 1 is 1.26 bits per heavy atom. The standard InChI is InChI=1S/C13H14BrN3OS/c1-8(2)10(14)11(18)15-13-17-16-12(19-13)9-6-4-3-5-7-9/h3-8,10H,1-2H3,(H,15,17,18)/t10-/m1/s1. The molecule has 1 heterocycles. The first-order valence-electron chi connectivity index (χ1n) is 5.92. The van der Waals surface area contributed by atoms with Crippen molar-refractivity contribution in [3.05, 3.63) is 30.3 Å². The molecule has 0 spiro atoms. The maximum atomic E-state index is 11.9. The van der Waals surface area contributed by atoms with Gasteiger partial charge < -0.3 is 0 Å². The monoisotopic (exact) mass is 339 g/mol. The average molecular weight is 340 g/mol. The van der Waals surface area contributed by atoms with Crippen LogP contribution in [0.25, 0.3) is 10.6 Å². The number of carbonyl (C=O) groups is 1. The maximum absolute atomic E-state index is 11.9. The van der Waals surface area contributed by atoms with Crippen molar-refractivity contribution in [2.24, 2.45) is 5.92 Å². The predicted octanol–water partition coefficient (Wildman–Crippen LogP) is 3.56. The molecule has 6 heteroatoms. The van der Waals surface area contributed by atoms with E-state index in [9.17, 15) is 4.79 Å². The summed E-state index contributed by atoms with van der Waals surface area (Å²) in [5.41, 5.74) is 1.000. The van der Waals surface area contributed by atoms with E-state index in [1.165, 1.54) is 11.3 Å². The van der Waals surface area contributed by atoms with E-state index in [-0.39, 0.29) is 16.7 Å². The quantitative estimate of drug-likeness (QED) is 0.866. The van der Waals surface area contributed by atoms with Gasteiger partial charge in [0.25, 0.3) is 0 Å². The van der Waals surface area contributed by atoms with Crippen LogP contribution in [-0.2, 0) is 4.79 Å². The van der Waals surface area contributed by atoms with Crippen LogP contribution in [0.2, 0.25) is 0 Å². The third-order valence-electron chi connectivity index (χ3n) is 2.51. The van der Waals surface area contributed by atoms with Crippen LogP contribution in [0.5, 0.6) is 0 Å². The van der Waals surface area contributed by atoms with Crippen LogP contribution in [0.3, 0.4) is 0 Å². The Balaban J connectivity index is 2.08. The molecule has 0 aliphatic rings. The van der Waals surface area contributed by atoms with Crippen LogP contribution in [-0.4, -0.2) is 20.9 Å². The van der Waals surface area contributed by atoms with E-state index in [1.807, 2.05) is 44.2 Å². The summed E-state index contributed by atoms with van der Waals surface area (Å²) < 4.78 is 0. The number of carbonyl (C=O) groups excluding carboxylic acids is 1. The zero-order valence-electron chi connectivity index (χ0n) is 10.6. The van der Waals surface area contributed by atoms with Gasteiger partial charge in [-0.15, -0.1) is 10.2 Å². The minimum atomic E-state index is -0.225. The van der Waals surface area contributed by atoms with Gasteiger partial charge in [-0.25, -0.2) is 0 Å². The molecule has 1 N–H and O–H groups in total. The third kappa shape index (κ3) is 3.61. The fourth-order valence-electron chi connectivity index (χ4n) is 1.45. The number of rotatable bonds is 4. The first-order chi connectivity index (χ1) is 9.08. The Morgan fingerprint density at radius 3 is 2.58 bits per heavy atom.